The lowest BCUT2D eigenvalue weighted by Crippen LogP contribution is -2.44. The first-order valence-electron chi connectivity index (χ1n) is 8.34. The zero-order valence-corrected chi connectivity index (χ0v) is 15.7. The molecule has 0 aromatic carbocycles. The third kappa shape index (κ3) is 4.10. The number of carbonyl (C=O) groups excluding carboxylic acids is 1. The summed E-state index contributed by atoms with van der Waals surface area (Å²) in [7, 11) is -3.61. The highest BCUT2D eigenvalue weighted by atomic mass is 32.2. The minimum absolute atomic E-state index is 0.192. The fourth-order valence-corrected chi connectivity index (χ4v) is 5.16. The van der Waals surface area contributed by atoms with Gasteiger partial charge in [-0.3, -0.25) is 9.89 Å². The van der Waals surface area contributed by atoms with Crippen molar-refractivity contribution in [2.24, 2.45) is 0 Å². The van der Waals surface area contributed by atoms with Gasteiger partial charge in [-0.25, -0.2) is 13.1 Å². The number of aromatic amines is 1. The number of carbonyl (C=O) groups is 1. The van der Waals surface area contributed by atoms with Crippen molar-refractivity contribution < 1.29 is 13.2 Å². The molecular formula is C16H22N4O3S2. The van der Waals surface area contributed by atoms with E-state index in [1.807, 2.05) is 6.20 Å². The van der Waals surface area contributed by atoms with Gasteiger partial charge in [0.05, 0.1) is 12.7 Å². The molecule has 1 fully saturated rings. The number of nitrogens with one attached hydrogen (secondary N) is 2. The van der Waals surface area contributed by atoms with Gasteiger partial charge >= 0.3 is 0 Å². The predicted octanol–water partition coefficient (Wildman–Crippen LogP) is 1.72. The monoisotopic (exact) mass is 382 g/mol. The summed E-state index contributed by atoms with van der Waals surface area (Å²) in [6, 6.07) is 3.20. The first-order chi connectivity index (χ1) is 12.0. The maximum Gasteiger partial charge on any atom is 0.250 e. The SMILES string of the molecule is CCc1cn[nH]c1[C@H]1CCCN(C(=O)CNS(=O)(=O)c2cccs2)C1. The van der Waals surface area contributed by atoms with Crippen LogP contribution >= 0.6 is 11.3 Å². The molecule has 3 heterocycles. The van der Waals surface area contributed by atoms with Crippen LogP contribution in [0, 0.1) is 0 Å². The number of nitrogens with zero attached hydrogens (tertiary/aromatic N) is 2. The van der Waals surface area contributed by atoms with Gasteiger partial charge in [-0.15, -0.1) is 11.3 Å². The quantitative estimate of drug-likeness (QED) is 0.795. The van der Waals surface area contributed by atoms with Crippen molar-refractivity contribution >= 4 is 27.3 Å². The summed E-state index contributed by atoms with van der Waals surface area (Å²) in [6.45, 7) is 3.12. The molecular weight excluding hydrogens is 360 g/mol. The Morgan fingerprint density at radius 3 is 3.08 bits per heavy atom. The third-order valence-electron chi connectivity index (χ3n) is 4.49. The molecule has 1 amide bonds. The number of thiophene rings is 1. The van der Waals surface area contributed by atoms with E-state index in [4.69, 9.17) is 0 Å². The third-order valence-corrected chi connectivity index (χ3v) is 7.29. The lowest BCUT2D eigenvalue weighted by atomic mass is 9.92. The van der Waals surface area contributed by atoms with E-state index in [1.165, 1.54) is 11.6 Å². The van der Waals surface area contributed by atoms with E-state index in [9.17, 15) is 13.2 Å². The van der Waals surface area contributed by atoms with Crippen LogP contribution in [0.25, 0.3) is 0 Å². The van der Waals surface area contributed by atoms with Crippen LogP contribution in [0.3, 0.4) is 0 Å². The van der Waals surface area contributed by atoms with Crippen molar-refractivity contribution in [1.29, 1.82) is 0 Å². The minimum atomic E-state index is -3.61. The molecule has 0 radical (unpaired) electrons. The van der Waals surface area contributed by atoms with Gasteiger partial charge in [0.15, 0.2) is 0 Å². The average Bonchev–Trinajstić information content (AvgIpc) is 3.31. The summed E-state index contributed by atoms with van der Waals surface area (Å²) in [6.07, 6.45) is 4.64. The summed E-state index contributed by atoms with van der Waals surface area (Å²) >= 11 is 1.13. The Labute approximate surface area is 151 Å². The summed E-state index contributed by atoms with van der Waals surface area (Å²) in [4.78, 5) is 14.2. The Balaban J connectivity index is 1.61. The van der Waals surface area contributed by atoms with E-state index in [2.05, 4.69) is 21.8 Å². The van der Waals surface area contributed by atoms with Crippen molar-refractivity contribution in [3.63, 3.8) is 0 Å². The summed E-state index contributed by atoms with van der Waals surface area (Å²) < 4.78 is 26.9. The Morgan fingerprint density at radius 2 is 2.36 bits per heavy atom. The second-order valence-corrected chi connectivity index (χ2v) is 9.04. The van der Waals surface area contributed by atoms with Crippen LogP contribution in [-0.2, 0) is 21.2 Å². The number of hydrogen-bond donors (Lipinski definition) is 2. The lowest BCUT2D eigenvalue weighted by Gasteiger charge is -2.32. The number of H-pyrrole nitrogens is 1. The topological polar surface area (TPSA) is 95.2 Å². The van der Waals surface area contributed by atoms with Crippen LogP contribution in [0.15, 0.2) is 27.9 Å². The Morgan fingerprint density at radius 1 is 1.52 bits per heavy atom. The molecule has 2 aromatic heterocycles. The smallest absolute Gasteiger partial charge is 0.250 e. The Kier molecular flexibility index (Phi) is 5.55. The van der Waals surface area contributed by atoms with Crippen LogP contribution in [-0.4, -0.2) is 49.1 Å². The number of hydrogen-bond acceptors (Lipinski definition) is 5. The van der Waals surface area contributed by atoms with Crippen LogP contribution in [0.5, 0.6) is 0 Å². The molecule has 0 unspecified atom stereocenters. The summed E-state index contributed by atoms with van der Waals surface area (Å²) in [5.74, 6) is 0.0337. The second kappa shape index (κ2) is 7.67. The number of amides is 1. The molecule has 7 nitrogen and oxygen atoms in total. The first kappa shape index (κ1) is 18.1. The number of aryl methyl sites for hydroxylation is 1. The zero-order chi connectivity index (χ0) is 17.9. The summed E-state index contributed by atoms with van der Waals surface area (Å²) in [5.41, 5.74) is 2.27. The lowest BCUT2D eigenvalue weighted by molar-refractivity contribution is -0.131. The molecule has 136 valence electrons. The molecule has 1 aliphatic heterocycles. The van der Waals surface area contributed by atoms with E-state index < -0.39 is 10.0 Å². The van der Waals surface area contributed by atoms with Gasteiger partial charge in [-0.2, -0.15) is 5.10 Å². The van der Waals surface area contributed by atoms with Gasteiger partial charge in [0.1, 0.15) is 4.21 Å². The van der Waals surface area contributed by atoms with Crippen LogP contribution in [0.4, 0.5) is 0 Å². The van der Waals surface area contributed by atoms with Gasteiger partial charge in [0.25, 0.3) is 10.0 Å². The fraction of sp³-hybridized carbons (Fsp3) is 0.500. The largest absolute Gasteiger partial charge is 0.341 e. The van der Waals surface area contributed by atoms with Crippen molar-refractivity contribution in [1.82, 2.24) is 19.8 Å². The van der Waals surface area contributed by atoms with E-state index in [1.54, 1.807) is 16.3 Å². The van der Waals surface area contributed by atoms with Gasteiger partial charge in [0.2, 0.25) is 5.91 Å². The molecule has 1 saturated heterocycles. The molecule has 9 heteroatoms. The van der Waals surface area contributed by atoms with E-state index >= 15 is 0 Å². The zero-order valence-electron chi connectivity index (χ0n) is 14.1. The van der Waals surface area contributed by atoms with E-state index in [0.717, 1.165) is 36.3 Å². The highest BCUT2D eigenvalue weighted by Crippen LogP contribution is 2.28. The molecule has 0 saturated carbocycles. The molecule has 2 aromatic rings. The Hall–Kier alpha value is -1.71. The van der Waals surface area contributed by atoms with Crippen LogP contribution in [0.2, 0.25) is 0 Å². The van der Waals surface area contributed by atoms with E-state index in [-0.39, 0.29) is 22.6 Å². The molecule has 25 heavy (non-hydrogen) atoms. The van der Waals surface area contributed by atoms with Crippen molar-refractivity contribution in [2.45, 2.75) is 36.3 Å². The standard InChI is InChI=1S/C16H22N4O3S2/c1-2-12-9-17-19-16(12)13-5-3-7-20(11-13)14(21)10-18-25(22,23)15-6-4-8-24-15/h4,6,8-9,13,18H,2-3,5,7,10-11H2,1H3,(H,17,19)/t13-/m0/s1. The van der Waals surface area contributed by atoms with Gasteiger partial charge in [-0.05, 0) is 36.3 Å². The number of piperidine rings is 1. The van der Waals surface area contributed by atoms with Crippen molar-refractivity contribution in [2.75, 3.05) is 19.6 Å². The molecule has 1 atom stereocenters. The average molecular weight is 383 g/mol. The highest BCUT2D eigenvalue weighted by Gasteiger charge is 2.27. The number of aromatic nitrogens is 2. The molecule has 1 aliphatic rings. The highest BCUT2D eigenvalue weighted by molar-refractivity contribution is 7.91. The van der Waals surface area contributed by atoms with Crippen LogP contribution in [0.1, 0.15) is 36.9 Å². The Bertz CT molecular complexity index is 814. The molecule has 0 spiro atoms. The molecule has 3 rings (SSSR count). The van der Waals surface area contributed by atoms with Gasteiger partial charge < -0.3 is 4.90 Å². The minimum Gasteiger partial charge on any atom is -0.341 e. The predicted molar refractivity (Wildman–Crippen MR) is 96.0 cm³/mol. The summed E-state index contributed by atoms with van der Waals surface area (Å²) in [5, 5.41) is 8.87. The maximum atomic E-state index is 12.5. The maximum absolute atomic E-state index is 12.5. The van der Waals surface area contributed by atoms with Crippen molar-refractivity contribution in [3.8, 4) is 0 Å². The first-order valence-corrected chi connectivity index (χ1v) is 10.7. The molecule has 0 aliphatic carbocycles. The molecule has 2 N–H and O–H groups in total. The van der Waals surface area contributed by atoms with E-state index in [0.29, 0.717) is 13.1 Å². The fourth-order valence-electron chi connectivity index (χ4n) is 3.15. The number of sulfonamides is 1. The number of likely N-dealkylation sites (tertiary alicyclic amines) is 1. The normalized spacial score (nSPS) is 18.4. The second-order valence-electron chi connectivity index (χ2n) is 6.10. The molecule has 0 bridgehead atoms. The van der Waals surface area contributed by atoms with Crippen molar-refractivity contribution in [3.05, 3.63) is 35.0 Å². The van der Waals surface area contributed by atoms with Crippen LogP contribution < -0.4 is 4.72 Å². The number of rotatable bonds is 6. The van der Waals surface area contributed by atoms with Gasteiger partial charge in [-0.1, -0.05) is 13.0 Å². The van der Waals surface area contributed by atoms with Gasteiger partial charge in [0, 0.05) is 24.7 Å².